The Hall–Kier alpha value is -4.02. The van der Waals surface area contributed by atoms with E-state index in [9.17, 15) is 0 Å². The van der Waals surface area contributed by atoms with Crippen LogP contribution < -0.4 is 30.2 Å². The van der Waals surface area contributed by atoms with Crippen LogP contribution in [0.2, 0.25) is 0 Å². The number of anilines is 6. The first-order valence-corrected chi connectivity index (χ1v) is 15.5. The van der Waals surface area contributed by atoms with Crippen LogP contribution in [0.15, 0.2) is 65.9 Å². The molecule has 2 atom stereocenters. The van der Waals surface area contributed by atoms with E-state index in [2.05, 4.69) is 105 Å². The van der Waals surface area contributed by atoms with Crippen molar-refractivity contribution in [2.75, 3.05) is 67.4 Å². The number of nitrogens with one attached hydrogen (secondary N) is 2. The fourth-order valence-electron chi connectivity index (χ4n) is 6.25. The fraction of sp³-hybridized carbons (Fsp3) is 0.455. The molecule has 0 spiro atoms. The van der Waals surface area contributed by atoms with Gasteiger partial charge in [-0.15, -0.1) is 0 Å². The lowest BCUT2D eigenvalue weighted by Crippen LogP contribution is -2.54. The van der Waals surface area contributed by atoms with Crippen molar-refractivity contribution < 1.29 is 0 Å². The molecule has 3 aromatic rings. The van der Waals surface area contributed by atoms with E-state index in [1.807, 2.05) is 24.5 Å². The topological polar surface area (TPSA) is 88.0 Å². The Labute approximate surface area is 255 Å². The van der Waals surface area contributed by atoms with Crippen LogP contribution in [0.1, 0.15) is 37.8 Å². The van der Waals surface area contributed by atoms with Crippen LogP contribution in [0.4, 0.5) is 34.5 Å². The molecule has 0 radical (unpaired) electrons. The predicted molar refractivity (Wildman–Crippen MR) is 177 cm³/mol. The van der Waals surface area contributed by atoms with Gasteiger partial charge < -0.3 is 30.2 Å². The molecule has 2 unspecified atom stereocenters. The van der Waals surface area contributed by atoms with E-state index < -0.39 is 0 Å². The summed E-state index contributed by atoms with van der Waals surface area (Å²) in [5, 5.41) is 7.19. The number of likely N-dealkylation sites (N-methyl/N-ethyl adjacent to an activating group) is 2. The van der Waals surface area contributed by atoms with Crippen molar-refractivity contribution in [3.8, 4) is 0 Å². The summed E-state index contributed by atoms with van der Waals surface area (Å²) in [6.45, 7) is 3.63. The molecule has 3 aliphatic rings. The molecule has 2 N–H and O–H groups in total. The minimum Gasteiger partial charge on any atom is -0.348 e. The Morgan fingerprint density at radius 3 is 2.12 bits per heavy atom. The maximum absolute atomic E-state index is 5.07. The Morgan fingerprint density at radius 2 is 1.33 bits per heavy atom. The van der Waals surface area contributed by atoms with Crippen molar-refractivity contribution >= 4 is 40.2 Å². The third-order valence-electron chi connectivity index (χ3n) is 8.77. The summed E-state index contributed by atoms with van der Waals surface area (Å²) in [6.07, 6.45) is 14.4. The predicted octanol–water partition coefficient (Wildman–Crippen LogP) is 4.64. The summed E-state index contributed by atoms with van der Waals surface area (Å²) in [4.78, 5) is 27.9. The molecule has 3 aliphatic heterocycles. The molecular weight excluding hydrogens is 536 g/mol. The number of aliphatic imine (C=N–C) groups is 1. The van der Waals surface area contributed by atoms with E-state index in [1.54, 1.807) is 0 Å². The lowest BCUT2D eigenvalue weighted by molar-refractivity contribution is 0.536. The zero-order valence-corrected chi connectivity index (χ0v) is 25.9. The van der Waals surface area contributed by atoms with Crippen molar-refractivity contribution in [1.82, 2.24) is 25.6 Å². The van der Waals surface area contributed by atoms with Gasteiger partial charge in [0, 0.05) is 53.7 Å². The van der Waals surface area contributed by atoms with Crippen LogP contribution in [0.5, 0.6) is 0 Å². The van der Waals surface area contributed by atoms with Gasteiger partial charge in [-0.3, -0.25) is 4.99 Å². The third-order valence-corrected chi connectivity index (χ3v) is 8.77. The van der Waals surface area contributed by atoms with Crippen molar-refractivity contribution in [2.45, 2.75) is 50.9 Å². The Morgan fingerprint density at radius 1 is 0.674 bits per heavy atom. The van der Waals surface area contributed by atoms with Gasteiger partial charge in [0.2, 0.25) is 0 Å². The monoisotopic (exact) mass is 580 g/mol. The average Bonchev–Trinajstić information content (AvgIpc) is 3.05. The summed E-state index contributed by atoms with van der Waals surface area (Å²) in [5.41, 5.74) is 5.47. The zero-order chi connectivity index (χ0) is 29.8. The number of pyridine rings is 3. The van der Waals surface area contributed by atoms with Gasteiger partial charge in [0.1, 0.15) is 6.17 Å². The maximum atomic E-state index is 5.07. The molecule has 0 saturated heterocycles. The SMILES string of the molecule is CN1c2ccc(CNCCCCCCCNCC3=NC4C(C=C3)N(C)c3ncccc3N4C)nc2N(C)c2cccnc21. The van der Waals surface area contributed by atoms with Crippen LogP contribution in [-0.4, -0.2) is 80.7 Å². The number of hydrogen-bond donors (Lipinski definition) is 2. The van der Waals surface area contributed by atoms with Crippen molar-refractivity contribution in [2.24, 2.45) is 4.99 Å². The maximum Gasteiger partial charge on any atom is 0.157 e. The average molecular weight is 581 g/mol. The standard InChI is InChI=1S/C33H44N10/c1-40-28-16-14-24(38-32(28)42(3)26-12-10-20-36-30(26)40)22-34-18-8-6-5-7-9-19-35-23-25-15-17-29-33(39-25)43(4)27-13-11-21-37-31(27)41(29)2/h10-17,20-21,28,32,34-35H,5-9,18-19,22-23H2,1-4H3. The second-order valence-electron chi connectivity index (χ2n) is 11.7. The van der Waals surface area contributed by atoms with Gasteiger partial charge in [0.15, 0.2) is 17.5 Å². The minimum absolute atomic E-state index is 0.0817. The molecular formula is C33H44N10. The molecule has 3 aromatic heterocycles. The minimum atomic E-state index is 0.0817. The first-order valence-electron chi connectivity index (χ1n) is 15.5. The Kier molecular flexibility index (Phi) is 8.85. The van der Waals surface area contributed by atoms with E-state index in [-0.39, 0.29) is 12.2 Å². The molecule has 0 aliphatic carbocycles. The molecule has 6 rings (SSSR count). The lowest BCUT2D eigenvalue weighted by atomic mass is 10.0. The van der Waals surface area contributed by atoms with Crippen molar-refractivity contribution in [3.05, 3.63) is 66.6 Å². The van der Waals surface area contributed by atoms with Crippen LogP contribution in [0.3, 0.4) is 0 Å². The van der Waals surface area contributed by atoms with Crippen LogP contribution >= 0.6 is 0 Å². The Balaban J connectivity index is 0.848. The molecule has 0 fully saturated rings. The number of aromatic nitrogens is 3. The van der Waals surface area contributed by atoms with Crippen molar-refractivity contribution in [1.29, 1.82) is 0 Å². The third kappa shape index (κ3) is 6.07. The van der Waals surface area contributed by atoms with E-state index >= 15 is 0 Å². The first kappa shape index (κ1) is 29.1. The highest BCUT2D eigenvalue weighted by Gasteiger charge is 2.36. The molecule has 226 valence electrons. The number of nitrogens with zero attached hydrogens (tertiary/aromatic N) is 8. The molecule has 0 bridgehead atoms. The van der Waals surface area contributed by atoms with Crippen LogP contribution in [0, 0.1) is 0 Å². The molecule has 10 heteroatoms. The highest BCUT2D eigenvalue weighted by molar-refractivity contribution is 5.98. The van der Waals surface area contributed by atoms with E-state index in [0.29, 0.717) is 0 Å². The van der Waals surface area contributed by atoms with E-state index in [4.69, 9.17) is 9.98 Å². The first-order chi connectivity index (χ1) is 21.0. The molecule has 10 nitrogen and oxygen atoms in total. The normalized spacial score (nSPS) is 18.7. The zero-order valence-electron chi connectivity index (χ0n) is 25.9. The van der Waals surface area contributed by atoms with Gasteiger partial charge in [-0.1, -0.05) is 25.3 Å². The molecule has 0 saturated carbocycles. The van der Waals surface area contributed by atoms with E-state index in [0.717, 1.165) is 72.1 Å². The number of rotatable bonds is 12. The van der Waals surface area contributed by atoms with Gasteiger partial charge in [0.05, 0.1) is 34.5 Å². The molecule has 43 heavy (non-hydrogen) atoms. The van der Waals surface area contributed by atoms with Crippen LogP contribution in [-0.2, 0) is 6.54 Å². The number of unbranched alkanes of at least 4 members (excludes halogenated alkanes) is 4. The highest BCUT2D eigenvalue weighted by atomic mass is 15.4. The number of hydrogen-bond acceptors (Lipinski definition) is 10. The quantitative estimate of drug-likeness (QED) is 0.298. The number of fused-ring (bicyclic) bond motifs is 4. The van der Waals surface area contributed by atoms with Gasteiger partial charge in [-0.05, 0) is 68.4 Å². The lowest BCUT2D eigenvalue weighted by Gasteiger charge is -2.45. The smallest absolute Gasteiger partial charge is 0.157 e. The number of dihydropyridines is 1. The summed E-state index contributed by atoms with van der Waals surface area (Å²) in [6, 6.07) is 12.7. The second kappa shape index (κ2) is 13.1. The summed E-state index contributed by atoms with van der Waals surface area (Å²) < 4.78 is 0. The van der Waals surface area contributed by atoms with Crippen LogP contribution in [0.25, 0.3) is 0 Å². The second-order valence-corrected chi connectivity index (χ2v) is 11.7. The van der Waals surface area contributed by atoms with Gasteiger partial charge >= 0.3 is 0 Å². The van der Waals surface area contributed by atoms with Gasteiger partial charge in [-0.2, -0.15) is 0 Å². The molecule has 0 aromatic carbocycles. The largest absolute Gasteiger partial charge is 0.348 e. The Bertz CT molecular complexity index is 1470. The molecule has 6 heterocycles. The van der Waals surface area contributed by atoms with Gasteiger partial charge in [-0.25, -0.2) is 15.0 Å². The highest BCUT2D eigenvalue weighted by Crippen LogP contribution is 2.43. The van der Waals surface area contributed by atoms with Gasteiger partial charge in [0.25, 0.3) is 0 Å². The van der Waals surface area contributed by atoms with Crippen molar-refractivity contribution in [3.63, 3.8) is 0 Å². The summed E-state index contributed by atoms with van der Waals surface area (Å²) in [5.74, 6) is 2.95. The summed E-state index contributed by atoms with van der Waals surface area (Å²) >= 11 is 0. The molecule has 0 amide bonds. The fourth-order valence-corrected chi connectivity index (χ4v) is 6.25. The van der Waals surface area contributed by atoms with E-state index in [1.165, 1.54) is 32.1 Å². The summed E-state index contributed by atoms with van der Waals surface area (Å²) in [7, 11) is 8.34.